The van der Waals surface area contributed by atoms with Crippen LogP contribution in [0.4, 0.5) is 0 Å². The van der Waals surface area contributed by atoms with Crippen LogP contribution in [-0.2, 0) is 4.74 Å². The molecule has 1 atom stereocenters. The van der Waals surface area contributed by atoms with E-state index in [4.69, 9.17) is 17.7 Å². The summed E-state index contributed by atoms with van der Waals surface area (Å²) in [6, 6.07) is 0. The van der Waals surface area contributed by atoms with Crippen LogP contribution in [0.25, 0.3) is 0 Å². The first-order chi connectivity index (χ1) is 3.85. The van der Waals surface area contributed by atoms with Crippen LogP contribution in [0.1, 0.15) is 0 Å². The van der Waals surface area contributed by atoms with Crippen molar-refractivity contribution in [3.63, 3.8) is 0 Å². The second-order valence-electron chi connectivity index (χ2n) is 1.74. The first-order valence-electron chi connectivity index (χ1n) is 2.65. The normalized spacial score (nSPS) is 13.8. The van der Waals surface area contributed by atoms with Crippen molar-refractivity contribution in [2.75, 3.05) is 20.3 Å². The van der Waals surface area contributed by atoms with Crippen molar-refractivity contribution in [2.45, 2.75) is 6.32 Å². The first kappa shape index (κ1) is 7.98. The van der Waals surface area contributed by atoms with Gasteiger partial charge in [0.05, 0.1) is 14.5 Å². The summed E-state index contributed by atoms with van der Waals surface area (Å²) in [6.45, 7) is 0.664. The summed E-state index contributed by atoms with van der Waals surface area (Å²) in [7, 11) is 6.82. The summed E-state index contributed by atoms with van der Waals surface area (Å²) in [5, 5.41) is 8.50. The van der Waals surface area contributed by atoms with Crippen molar-refractivity contribution < 1.29 is 9.84 Å². The molecule has 46 valence electrons. The Balaban J connectivity index is 3.07. The van der Waals surface area contributed by atoms with Crippen molar-refractivity contribution in [1.29, 1.82) is 0 Å². The molecule has 0 aromatic rings. The zero-order chi connectivity index (χ0) is 6.41. The molecule has 0 amide bonds. The molecule has 1 N–H and O–H groups in total. The third-order valence-corrected chi connectivity index (χ3v) is 0.994. The predicted octanol–water partition coefficient (Wildman–Crippen LogP) is -0.172. The summed E-state index contributed by atoms with van der Waals surface area (Å²) in [4.78, 5) is 0. The number of aliphatic hydroxyl groups excluding tert-OH is 1. The molecule has 0 aliphatic rings. The molecule has 0 aromatic carbocycles. The molecule has 0 saturated heterocycles. The summed E-state index contributed by atoms with van der Waals surface area (Å²) < 4.78 is 4.75. The molecule has 0 spiro atoms. The summed E-state index contributed by atoms with van der Waals surface area (Å²) in [6.07, 6.45) is 0.490. The van der Waals surface area contributed by atoms with Gasteiger partial charge < -0.3 is 9.84 Å². The number of aliphatic hydroxyl groups is 1. The van der Waals surface area contributed by atoms with Gasteiger partial charge in [0.15, 0.2) is 0 Å². The van der Waals surface area contributed by atoms with Crippen molar-refractivity contribution in [3.05, 3.63) is 0 Å². The third-order valence-electron chi connectivity index (χ3n) is 0.994. The molecule has 0 aromatic heterocycles. The van der Waals surface area contributed by atoms with Gasteiger partial charge in [-0.15, -0.1) is 0 Å². The Morgan fingerprint density at radius 2 is 2.38 bits per heavy atom. The van der Waals surface area contributed by atoms with Crippen LogP contribution in [0.15, 0.2) is 0 Å². The van der Waals surface area contributed by atoms with Gasteiger partial charge in [-0.3, -0.25) is 0 Å². The lowest BCUT2D eigenvalue weighted by molar-refractivity contribution is 0.119. The van der Waals surface area contributed by atoms with Crippen molar-refractivity contribution >= 4 is 7.85 Å². The summed E-state index contributed by atoms with van der Waals surface area (Å²) in [5.74, 6) is 0.111. The predicted molar refractivity (Wildman–Crippen MR) is 33.0 cm³/mol. The smallest absolute Gasteiger partial charge is 0.0659 e. The minimum atomic E-state index is 0.111. The van der Waals surface area contributed by atoms with Gasteiger partial charge in [-0.25, -0.2) is 0 Å². The molecule has 8 heavy (non-hydrogen) atoms. The average Bonchev–Trinajstić information content (AvgIpc) is 1.83. The minimum Gasteiger partial charge on any atom is -0.396 e. The molecule has 0 bridgehead atoms. The molecule has 0 aliphatic heterocycles. The van der Waals surface area contributed by atoms with Crippen LogP contribution in [0.2, 0.25) is 6.32 Å². The van der Waals surface area contributed by atoms with Crippen molar-refractivity contribution in [3.8, 4) is 0 Å². The number of methoxy groups -OCH3 is 1. The Labute approximate surface area is 51.3 Å². The molecule has 0 saturated carbocycles. The summed E-state index contributed by atoms with van der Waals surface area (Å²) in [5.41, 5.74) is 0. The highest BCUT2D eigenvalue weighted by molar-refractivity contribution is 6.08. The van der Waals surface area contributed by atoms with Crippen LogP contribution in [-0.4, -0.2) is 33.3 Å². The van der Waals surface area contributed by atoms with Crippen LogP contribution < -0.4 is 0 Å². The van der Waals surface area contributed by atoms with Gasteiger partial charge in [0.2, 0.25) is 0 Å². The second kappa shape index (κ2) is 5.13. The molecule has 0 heterocycles. The van der Waals surface area contributed by atoms with Gasteiger partial charge in [0.25, 0.3) is 0 Å². The van der Waals surface area contributed by atoms with E-state index in [1.807, 2.05) is 0 Å². The van der Waals surface area contributed by atoms with Crippen LogP contribution in [0, 0.1) is 5.92 Å². The molecule has 3 heteroatoms. The molecule has 0 rings (SSSR count). The van der Waals surface area contributed by atoms with Gasteiger partial charge in [0.1, 0.15) is 0 Å². The van der Waals surface area contributed by atoms with E-state index in [9.17, 15) is 0 Å². The second-order valence-corrected chi connectivity index (χ2v) is 1.74. The SMILES string of the molecule is [B]CC(CO)COC. The molecule has 2 nitrogen and oxygen atoms in total. The Morgan fingerprint density at radius 1 is 1.75 bits per heavy atom. The van der Waals surface area contributed by atoms with Gasteiger partial charge in [-0.1, -0.05) is 6.32 Å². The van der Waals surface area contributed by atoms with Crippen LogP contribution >= 0.6 is 0 Å². The highest BCUT2D eigenvalue weighted by Crippen LogP contribution is 1.98. The highest BCUT2D eigenvalue weighted by Gasteiger charge is 2.00. The highest BCUT2D eigenvalue weighted by atomic mass is 16.5. The number of hydrogen-bond acceptors (Lipinski definition) is 2. The Hall–Kier alpha value is -0.0151. The lowest BCUT2D eigenvalue weighted by Crippen LogP contribution is -2.11. The fourth-order valence-corrected chi connectivity index (χ4v) is 0.431. The topological polar surface area (TPSA) is 29.5 Å². The molecule has 0 fully saturated rings. The average molecular weight is 114 g/mol. The fraction of sp³-hybridized carbons (Fsp3) is 1.00. The van der Waals surface area contributed by atoms with E-state index >= 15 is 0 Å². The van der Waals surface area contributed by atoms with Gasteiger partial charge in [-0.05, 0) is 5.92 Å². The van der Waals surface area contributed by atoms with Crippen molar-refractivity contribution in [2.24, 2.45) is 5.92 Å². The molecule has 1 unspecified atom stereocenters. The Morgan fingerprint density at radius 3 is 2.50 bits per heavy atom. The van der Waals surface area contributed by atoms with E-state index in [0.717, 1.165) is 0 Å². The van der Waals surface area contributed by atoms with E-state index in [0.29, 0.717) is 12.9 Å². The zero-order valence-electron chi connectivity index (χ0n) is 5.13. The van der Waals surface area contributed by atoms with E-state index in [-0.39, 0.29) is 12.5 Å². The minimum absolute atomic E-state index is 0.111. The quantitative estimate of drug-likeness (QED) is 0.514. The first-order valence-corrected chi connectivity index (χ1v) is 2.65. The lowest BCUT2D eigenvalue weighted by atomic mass is 9.93. The molecule has 0 aliphatic carbocycles. The fourth-order valence-electron chi connectivity index (χ4n) is 0.431. The molecular weight excluding hydrogens is 103 g/mol. The summed E-state index contributed by atoms with van der Waals surface area (Å²) >= 11 is 0. The van der Waals surface area contributed by atoms with E-state index < -0.39 is 0 Å². The van der Waals surface area contributed by atoms with Gasteiger partial charge in [-0.2, -0.15) is 0 Å². The molecular formula is C5H11BO2. The largest absolute Gasteiger partial charge is 0.396 e. The number of hydrogen-bond donors (Lipinski definition) is 1. The zero-order valence-corrected chi connectivity index (χ0v) is 5.13. The Kier molecular flexibility index (Phi) is 5.12. The van der Waals surface area contributed by atoms with E-state index in [1.54, 1.807) is 7.11 Å². The lowest BCUT2D eigenvalue weighted by Gasteiger charge is -2.08. The third kappa shape index (κ3) is 3.05. The molecule has 2 radical (unpaired) electrons. The van der Waals surface area contributed by atoms with Crippen molar-refractivity contribution in [1.82, 2.24) is 0 Å². The Bertz CT molecular complexity index is 45.7. The van der Waals surface area contributed by atoms with Crippen LogP contribution in [0.3, 0.4) is 0 Å². The van der Waals surface area contributed by atoms with E-state index in [2.05, 4.69) is 0 Å². The standard InChI is InChI=1S/C5H11BO2/c1-8-4-5(2-6)3-7/h5,7H,2-4H2,1H3. The maximum Gasteiger partial charge on any atom is 0.0659 e. The maximum absolute atomic E-state index is 8.50. The maximum atomic E-state index is 8.50. The number of rotatable bonds is 4. The van der Waals surface area contributed by atoms with Gasteiger partial charge >= 0.3 is 0 Å². The monoisotopic (exact) mass is 114 g/mol. The van der Waals surface area contributed by atoms with Crippen LogP contribution in [0.5, 0.6) is 0 Å². The van der Waals surface area contributed by atoms with E-state index in [1.165, 1.54) is 0 Å². The van der Waals surface area contributed by atoms with Gasteiger partial charge in [0, 0.05) is 13.7 Å². The number of ether oxygens (including phenoxy) is 1.